The first-order valence-electron chi connectivity index (χ1n) is 11.7. The lowest BCUT2D eigenvalue weighted by atomic mass is 10.0. The number of piperidine rings is 2. The minimum atomic E-state index is -0.442. The number of carbonyl (C=O) groups is 2. The van der Waals surface area contributed by atoms with Crippen molar-refractivity contribution < 1.29 is 14.3 Å². The summed E-state index contributed by atoms with van der Waals surface area (Å²) in [4.78, 5) is 28.6. The standard InChI is InChI=1S/C26H29ClN4O3/c1-18(32)31-13-3-2-4-24(31)26(33)29-20-7-10-25(23(27)16-20)34-22-11-14-30(15-12-22)21-8-5-19(17-28)6-9-21/h5-10,16,22,24H,2-4,11-15H2,1H3,(H,29,33)/t24-/m1/s1. The molecule has 34 heavy (non-hydrogen) atoms. The highest BCUT2D eigenvalue weighted by Crippen LogP contribution is 2.31. The summed E-state index contributed by atoms with van der Waals surface area (Å²) in [6.45, 7) is 3.83. The summed E-state index contributed by atoms with van der Waals surface area (Å²) in [6.07, 6.45) is 4.29. The molecular weight excluding hydrogens is 452 g/mol. The van der Waals surface area contributed by atoms with Gasteiger partial charge in [0.15, 0.2) is 0 Å². The van der Waals surface area contributed by atoms with Gasteiger partial charge in [0.05, 0.1) is 16.7 Å². The molecule has 0 aromatic heterocycles. The average molecular weight is 481 g/mol. The van der Waals surface area contributed by atoms with Gasteiger partial charge in [0.2, 0.25) is 11.8 Å². The maximum absolute atomic E-state index is 12.8. The second kappa shape index (κ2) is 10.8. The summed E-state index contributed by atoms with van der Waals surface area (Å²) in [6, 6.07) is 14.6. The molecule has 1 N–H and O–H groups in total. The molecule has 1 atom stereocenters. The Hall–Kier alpha value is -3.24. The SMILES string of the molecule is CC(=O)N1CCCC[C@@H]1C(=O)Nc1ccc(OC2CCN(c3ccc(C#N)cc3)CC2)c(Cl)c1. The number of nitriles is 1. The van der Waals surface area contributed by atoms with Crippen LogP contribution >= 0.6 is 11.6 Å². The fourth-order valence-electron chi connectivity index (χ4n) is 4.64. The molecule has 7 nitrogen and oxygen atoms in total. The molecule has 2 saturated heterocycles. The monoisotopic (exact) mass is 480 g/mol. The third-order valence-corrected chi connectivity index (χ3v) is 6.80. The summed E-state index contributed by atoms with van der Waals surface area (Å²) in [5, 5.41) is 12.3. The van der Waals surface area contributed by atoms with Crippen LogP contribution in [0.4, 0.5) is 11.4 Å². The third-order valence-electron chi connectivity index (χ3n) is 6.51. The van der Waals surface area contributed by atoms with Crippen LogP contribution in [-0.4, -0.2) is 48.5 Å². The first-order chi connectivity index (χ1) is 16.4. The van der Waals surface area contributed by atoms with Crippen molar-refractivity contribution in [3.63, 3.8) is 0 Å². The molecule has 178 valence electrons. The summed E-state index contributed by atoms with van der Waals surface area (Å²) < 4.78 is 6.16. The minimum Gasteiger partial charge on any atom is -0.489 e. The van der Waals surface area contributed by atoms with E-state index in [2.05, 4.69) is 16.3 Å². The number of nitrogens with one attached hydrogen (secondary N) is 1. The van der Waals surface area contributed by atoms with Gasteiger partial charge >= 0.3 is 0 Å². The smallest absolute Gasteiger partial charge is 0.247 e. The van der Waals surface area contributed by atoms with Crippen molar-refractivity contribution in [2.75, 3.05) is 29.9 Å². The van der Waals surface area contributed by atoms with E-state index < -0.39 is 6.04 Å². The Morgan fingerprint density at radius 1 is 1.06 bits per heavy atom. The highest BCUT2D eigenvalue weighted by molar-refractivity contribution is 6.32. The van der Waals surface area contributed by atoms with E-state index in [1.54, 1.807) is 23.1 Å². The summed E-state index contributed by atoms with van der Waals surface area (Å²) in [7, 11) is 0. The average Bonchev–Trinajstić information content (AvgIpc) is 2.86. The van der Waals surface area contributed by atoms with Crippen molar-refractivity contribution in [2.24, 2.45) is 0 Å². The van der Waals surface area contributed by atoms with Crippen LogP contribution in [0.3, 0.4) is 0 Å². The topological polar surface area (TPSA) is 85.7 Å². The van der Waals surface area contributed by atoms with Crippen LogP contribution in [0.5, 0.6) is 5.75 Å². The number of carbonyl (C=O) groups excluding carboxylic acids is 2. The maximum Gasteiger partial charge on any atom is 0.247 e. The van der Waals surface area contributed by atoms with Gasteiger partial charge < -0.3 is 19.9 Å². The second-order valence-corrected chi connectivity index (χ2v) is 9.23. The molecule has 2 aromatic carbocycles. The van der Waals surface area contributed by atoms with E-state index in [-0.39, 0.29) is 17.9 Å². The normalized spacial score (nSPS) is 18.8. The Labute approximate surface area is 205 Å². The zero-order valence-corrected chi connectivity index (χ0v) is 20.1. The predicted molar refractivity (Wildman–Crippen MR) is 132 cm³/mol. The Bertz CT molecular complexity index is 1070. The van der Waals surface area contributed by atoms with Gasteiger partial charge in [-0.3, -0.25) is 9.59 Å². The van der Waals surface area contributed by atoms with Crippen molar-refractivity contribution >= 4 is 34.8 Å². The van der Waals surface area contributed by atoms with Crippen LogP contribution in [0, 0.1) is 11.3 Å². The van der Waals surface area contributed by atoms with Gasteiger partial charge in [0.1, 0.15) is 17.9 Å². The first-order valence-corrected chi connectivity index (χ1v) is 12.1. The third kappa shape index (κ3) is 5.63. The molecule has 4 rings (SSSR count). The van der Waals surface area contributed by atoms with Gasteiger partial charge in [-0.1, -0.05) is 11.6 Å². The Balaban J connectivity index is 1.31. The summed E-state index contributed by atoms with van der Waals surface area (Å²) in [5.41, 5.74) is 2.36. The van der Waals surface area contributed by atoms with Gasteiger partial charge in [0, 0.05) is 50.8 Å². The number of amides is 2. The fourth-order valence-corrected chi connectivity index (χ4v) is 4.86. The Morgan fingerprint density at radius 2 is 1.79 bits per heavy atom. The lowest BCUT2D eigenvalue weighted by molar-refractivity contribution is -0.138. The van der Waals surface area contributed by atoms with Crippen molar-refractivity contribution in [2.45, 2.75) is 51.2 Å². The van der Waals surface area contributed by atoms with E-state index in [9.17, 15) is 9.59 Å². The van der Waals surface area contributed by atoms with Crippen molar-refractivity contribution in [3.8, 4) is 11.8 Å². The lowest BCUT2D eigenvalue weighted by Gasteiger charge is -2.34. The molecule has 8 heteroatoms. The number of benzene rings is 2. The van der Waals surface area contributed by atoms with Crippen LogP contribution in [0.15, 0.2) is 42.5 Å². The largest absolute Gasteiger partial charge is 0.489 e. The Kier molecular flexibility index (Phi) is 7.59. The second-order valence-electron chi connectivity index (χ2n) is 8.82. The molecule has 2 aliphatic rings. The highest BCUT2D eigenvalue weighted by Gasteiger charge is 2.30. The highest BCUT2D eigenvalue weighted by atomic mass is 35.5. The minimum absolute atomic E-state index is 0.0546. The zero-order chi connectivity index (χ0) is 24.1. The van der Waals surface area contributed by atoms with Crippen molar-refractivity contribution in [1.82, 2.24) is 4.90 Å². The number of ether oxygens (including phenoxy) is 1. The number of rotatable bonds is 5. The van der Waals surface area contributed by atoms with E-state index in [0.29, 0.717) is 35.0 Å². The van der Waals surface area contributed by atoms with E-state index in [1.807, 2.05) is 24.3 Å². The molecular formula is C26H29ClN4O3. The number of halogens is 1. The van der Waals surface area contributed by atoms with Gasteiger partial charge in [0.25, 0.3) is 0 Å². The van der Waals surface area contributed by atoms with Gasteiger partial charge in [-0.25, -0.2) is 0 Å². The summed E-state index contributed by atoms with van der Waals surface area (Å²) in [5.74, 6) is 0.334. The molecule has 0 bridgehead atoms. The van der Waals surface area contributed by atoms with Gasteiger partial charge in [-0.05, 0) is 61.7 Å². The molecule has 2 amide bonds. The quantitative estimate of drug-likeness (QED) is 0.676. The van der Waals surface area contributed by atoms with Crippen LogP contribution in [-0.2, 0) is 9.59 Å². The van der Waals surface area contributed by atoms with Crippen molar-refractivity contribution in [3.05, 3.63) is 53.1 Å². The number of likely N-dealkylation sites (tertiary alicyclic amines) is 1. The molecule has 0 saturated carbocycles. The molecule has 0 aliphatic carbocycles. The summed E-state index contributed by atoms with van der Waals surface area (Å²) >= 11 is 6.47. The maximum atomic E-state index is 12.8. The van der Waals surface area contributed by atoms with E-state index in [0.717, 1.165) is 44.5 Å². The molecule has 2 aliphatic heterocycles. The molecule has 0 spiro atoms. The first kappa shape index (κ1) is 23.9. The van der Waals surface area contributed by atoms with Crippen molar-refractivity contribution in [1.29, 1.82) is 5.26 Å². The number of hydrogen-bond acceptors (Lipinski definition) is 5. The van der Waals surface area contributed by atoms with Crippen LogP contribution in [0.1, 0.15) is 44.6 Å². The zero-order valence-electron chi connectivity index (χ0n) is 19.3. The van der Waals surface area contributed by atoms with E-state index in [4.69, 9.17) is 21.6 Å². The fraction of sp³-hybridized carbons (Fsp3) is 0.423. The molecule has 2 fully saturated rings. The van der Waals surface area contributed by atoms with Gasteiger partial charge in [-0.15, -0.1) is 0 Å². The number of hydrogen-bond donors (Lipinski definition) is 1. The van der Waals surface area contributed by atoms with Crippen LogP contribution < -0.4 is 15.0 Å². The molecule has 2 heterocycles. The lowest BCUT2D eigenvalue weighted by Crippen LogP contribution is -2.49. The predicted octanol–water partition coefficient (Wildman–Crippen LogP) is 4.60. The van der Waals surface area contributed by atoms with E-state index in [1.165, 1.54) is 6.92 Å². The number of nitrogens with zero attached hydrogens (tertiary/aromatic N) is 3. The molecule has 2 aromatic rings. The molecule has 0 radical (unpaired) electrons. The molecule has 0 unspecified atom stereocenters. The van der Waals surface area contributed by atoms with Crippen LogP contribution in [0.25, 0.3) is 0 Å². The van der Waals surface area contributed by atoms with E-state index >= 15 is 0 Å². The number of anilines is 2. The van der Waals surface area contributed by atoms with Gasteiger partial charge in [-0.2, -0.15) is 5.26 Å². The Morgan fingerprint density at radius 3 is 2.44 bits per heavy atom. The van der Waals surface area contributed by atoms with Crippen LogP contribution in [0.2, 0.25) is 5.02 Å².